The average Bonchev–Trinajstić information content (AvgIpc) is 3.01. The molecule has 0 aromatic heterocycles. The standard InChI is InChI=1S/C19H17BN2O4S/c1-14-15(2)26-20(25-14)18-9-7-16(8-10-18)11-12-22-27(23,24)19-6-4-3-5-17(19)13-21/h3-10,22H,1-2,11-12H2. The van der Waals surface area contributed by atoms with Gasteiger partial charge in [-0.3, -0.25) is 0 Å². The number of nitriles is 1. The van der Waals surface area contributed by atoms with Gasteiger partial charge in [-0.1, -0.05) is 49.6 Å². The quantitative estimate of drug-likeness (QED) is 0.773. The van der Waals surface area contributed by atoms with E-state index < -0.39 is 17.1 Å². The summed E-state index contributed by atoms with van der Waals surface area (Å²) in [5.41, 5.74) is 1.89. The van der Waals surface area contributed by atoms with E-state index in [4.69, 9.17) is 14.6 Å². The summed E-state index contributed by atoms with van der Waals surface area (Å²) in [5, 5.41) is 9.06. The Kier molecular flexibility index (Phi) is 5.35. The maximum atomic E-state index is 12.4. The Hall–Kier alpha value is -3.02. The molecule has 1 aliphatic heterocycles. The average molecular weight is 380 g/mol. The maximum Gasteiger partial charge on any atom is 0.632 e. The molecule has 0 unspecified atom stereocenters. The topological polar surface area (TPSA) is 88.4 Å². The van der Waals surface area contributed by atoms with E-state index in [-0.39, 0.29) is 17.0 Å². The highest BCUT2D eigenvalue weighted by Gasteiger charge is 2.34. The van der Waals surface area contributed by atoms with Gasteiger partial charge in [-0.05, 0) is 24.1 Å². The van der Waals surface area contributed by atoms with Crippen molar-refractivity contribution in [1.29, 1.82) is 5.26 Å². The molecule has 0 spiro atoms. The molecule has 1 N–H and O–H groups in total. The highest BCUT2D eigenvalue weighted by molar-refractivity contribution is 7.89. The monoisotopic (exact) mass is 380 g/mol. The van der Waals surface area contributed by atoms with Gasteiger partial charge >= 0.3 is 7.12 Å². The van der Waals surface area contributed by atoms with Gasteiger partial charge in [0.2, 0.25) is 10.0 Å². The lowest BCUT2D eigenvalue weighted by molar-refractivity contribution is 0.431. The fraction of sp³-hybridized carbons (Fsp3) is 0.105. The first-order chi connectivity index (χ1) is 12.9. The third kappa shape index (κ3) is 4.22. The summed E-state index contributed by atoms with van der Waals surface area (Å²) in [4.78, 5) is -0.0150. The van der Waals surface area contributed by atoms with E-state index in [0.29, 0.717) is 17.9 Å². The zero-order valence-corrected chi connectivity index (χ0v) is 15.3. The lowest BCUT2D eigenvalue weighted by Gasteiger charge is -2.09. The van der Waals surface area contributed by atoms with Crippen LogP contribution in [0.4, 0.5) is 0 Å². The van der Waals surface area contributed by atoms with Crippen molar-refractivity contribution in [3.63, 3.8) is 0 Å². The molecule has 0 saturated carbocycles. The van der Waals surface area contributed by atoms with Crippen molar-refractivity contribution in [3.05, 3.63) is 84.3 Å². The molecule has 0 radical (unpaired) electrons. The smallest absolute Gasteiger partial charge is 0.520 e. The molecular formula is C19H17BN2O4S. The van der Waals surface area contributed by atoms with Crippen LogP contribution in [0.2, 0.25) is 0 Å². The van der Waals surface area contributed by atoms with E-state index in [1.807, 2.05) is 30.3 Å². The fourth-order valence-corrected chi connectivity index (χ4v) is 3.78. The summed E-state index contributed by atoms with van der Waals surface area (Å²) in [5.74, 6) is 0.826. The number of nitrogens with zero attached hydrogens (tertiary/aromatic N) is 1. The zero-order valence-electron chi connectivity index (χ0n) is 14.5. The van der Waals surface area contributed by atoms with Crippen LogP contribution in [0.5, 0.6) is 0 Å². The number of rotatable bonds is 6. The van der Waals surface area contributed by atoms with E-state index in [2.05, 4.69) is 17.9 Å². The molecule has 1 aliphatic rings. The molecule has 27 heavy (non-hydrogen) atoms. The summed E-state index contributed by atoms with van der Waals surface area (Å²) in [7, 11) is -4.29. The Balaban J connectivity index is 1.60. The van der Waals surface area contributed by atoms with E-state index in [0.717, 1.165) is 11.0 Å². The lowest BCUT2D eigenvalue weighted by Crippen LogP contribution is -2.31. The third-order valence-electron chi connectivity index (χ3n) is 4.06. The third-order valence-corrected chi connectivity index (χ3v) is 5.58. The maximum absolute atomic E-state index is 12.4. The van der Waals surface area contributed by atoms with Crippen molar-refractivity contribution in [2.75, 3.05) is 6.54 Å². The van der Waals surface area contributed by atoms with Gasteiger partial charge < -0.3 is 9.31 Å². The minimum absolute atomic E-state index is 0.0150. The molecule has 2 aromatic carbocycles. The normalized spacial score (nSPS) is 13.8. The summed E-state index contributed by atoms with van der Waals surface area (Å²) in [6, 6.07) is 15.5. The van der Waals surface area contributed by atoms with E-state index in [1.165, 1.54) is 12.1 Å². The first-order valence-electron chi connectivity index (χ1n) is 8.20. The van der Waals surface area contributed by atoms with Crippen molar-refractivity contribution < 1.29 is 17.7 Å². The number of hydrogen-bond donors (Lipinski definition) is 1. The number of nitrogens with one attached hydrogen (secondary N) is 1. The molecule has 3 rings (SSSR count). The van der Waals surface area contributed by atoms with Crippen molar-refractivity contribution in [1.82, 2.24) is 4.72 Å². The Morgan fingerprint density at radius 1 is 1.04 bits per heavy atom. The molecule has 1 heterocycles. The second kappa shape index (κ2) is 7.70. The molecule has 6 nitrogen and oxygen atoms in total. The van der Waals surface area contributed by atoms with Gasteiger partial charge in [0.1, 0.15) is 17.6 Å². The summed E-state index contributed by atoms with van der Waals surface area (Å²) < 4.78 is 38.2. The molecule has 8 heteroatoms. The minimum Gasteiger partial charge on any atom is -0.520 e. The summed E-state index contributed by atoms with van der Waals surface area (Å²) >= 11 is 0. The molecule has 0 atom stereocenters. The highest BCUT2D eigenvalue weighted by Crippen LogP contribution is 2.20. The minimum atomic E-state index is -3.74. The van der Waals surface area contributed by atoms with Crippen LogP contribution >= 0.6 is 0 Å². The molecule has 136 valence electrons. The van der Waals surface area contributed by atoms with Gasteiger partial charge in [0.05, 0.1) is 10.5 Å². The van der Waals surface area contributed by atoms with Gasteiger partial charge in [-0.2, -0.15) is 5.26 Å². The van der Waals surface area contributed by atoms with Gasteiger partial charge in [0.25, 0.3) is 0 Å². The van der Waals surface area contributed by atoms with Crippen molar-refractivity contribution in [2.45, 2.75) is 11.3 Å². The lowest BCUT2D eigenvalue weighted by atomic mass is 9.79. The predicted molar refractivity (Wildman–Crippen MR) is 102 cm³/mol. The van der Waals surface area contributed by atoms with Crippen molar-refractivity contribution >= 4 is 22.6 Å². The van der Waals surface area contributed by atoms with Gasteiger partial charge in [-0.15, -0.1) is 0 Å². The second-order valence-corrected chi connectivity index (χ2v) is 7.65. The van der Waals surface area contributed by atoms with E-state index >= 15 is 0 Å². The van der Waals surface area contributed by atoms with Crippen LogP contribution < -0.4 is 10.2 Å². The van der Waals surface area contributed by atoms with Gasteiger partial charge in [0.15, 0.2) is 0 Å². The van der Waals surface area contributed by atoms with Crippen LogP contribution in [0, 0.1) is 11.3 Å². The van der Waals surface area contributed by atoms with Crippen molar-refractivity contribution in [2.24, 2.45) is 0 Å². The largest absolute Gasteiger partial charge is 0.632 e. The van der Waals surface area contributed by atoms with Crippen LogP contribution in [0.25, 0.3) is 0 Å². The van der Waals surface area contributed by atoms with Crippen molar-refractivity contribution in [3.8, 4) is 6.07 Å². The molecule has 1 saturated heterocycles. The first kappa shape index (κ1) is 18.8. The SMILES string of the molecule is C=C1OB(c2ccc(CCNS(=O)(=O)c3ccccc3C#N)cc2)OC1=C. The van der Waals surface area contributed by atoms with E-state index in [1.54, 1.807) is 12.1 Å². The predicted octanol–water partition coefficient (Wildman–Crippen LogP) is 1.85. The Bertz CT molecular complexity index is 1010. The Morgan fingerprint density at radius 2 is 1.67 bits per heavy atom. The fourth-order valence-electron chi connectivity index (χ4n) is 2.59. The zero-order chi connectivity index (χ0) is 19.4. The van der Waals surface area contributed by atoms with Crippen LogP contribution in [0.3, 0.4) is 0 Å². The molecule has 0 amide bonds. The molecule has 1 fully saturated rings. The first-order valence-corrected chi connectivity index (χ1v) is 9.68. The number of benzene rings is 2. The van der Waals surface area contributed by atoms with Crippen LogP contribution in [-0.2, 0) is 25.8 Å². The highest BCUT2D eigenvalue weighted by atomic mass is 32.2. The van der Waals surface area contributed by atoms with E-state index in [9.17, 15) is 8.42 Å². The van der Waals surface area contributed by atoms with Gasteiger partial charge in [-0.25, -0.2) is 13.1 Å². The Labute approximate surface area is 158 Å². The summed E-state index contributed by atoms with van der Waals surface area (Å²) in [6.45, 7) is 7.61. The molecule has 0 bridgehead atoms. The van der Waals surface area contributed by atoms with Gasteiger partial charge in [0, 0.05) is 12.0 Å². The Morgan fingerprint density at radius 3 is 2.30 bits per heavy atom. The summed E-state index contributed by atoms with van der Waals surface area (Å²) in [6.07, 6.45) is 0.500. The van der Waals surface area contributed by atoms with Crippen LogP contribution in [0.15, 0.2) is 78.1 Å². The number of hydrogen-bond acceptors (Lipinski definition) is 5. The number of sulfonamides is 1. The van der Waals surface area contributed by atoms with Crippen LogP contribution in [0.1, 0.15) is 11.1 Å². The second-order valence-electron chi connectivity index (χ2n) is 5.91. The molecular weight excluding hydrogens is 363 g/mol. The molecule has 2 aromatic rings. The van der Waals surface area contributed by atoms with Crippen LogP contribution in [-0.4, -0.2) is 22.1 Å². The molecule has 0 aliphatic carbocycles.